The summed E-state index contributed by atoms with van der Waals surface area (Å²) in [6, 6.07) is 18.4. The second kappa shape index (κ2) is 11.7. The minimum Gasteiger partial charge on any atom is -0.447 e. The molecule has 0 radical (unpaired) electrons. The Labute approximate surface area is 200 Å². The number of rotatable bonds is 9. The molecule has 1 saturated carbocycles. The van der Waals surface area contributed by atoms with E-state index in [9.17, 15) is 4.79 Å². The largest absolute Gasteiger partial charge is 0.447 e. The van der Waals surface area contributed by atoms with Crippen molar-refractivity contribution in [3.63, 3.8) is 0 Å². The molecule has 4 rings (SSSR count). The quantitative estimate of drug-likeness (QED) is 0.456. The zero-order chi connectivity index (χ0) is 23.8. The smallest absolute Gasteiger partial charge is 0.407 e. The number of fused-ring (bicyclic) bond motifs is 1. The summed E-state index contributed by atoms with van der Waals surface area (Å²) in [6.07, 6.45) is 3.24. The summed E-state index contributed by atoms with van der Waals surface area (Å²) in [4.78, 5) is 23.6. The fourth-order valence-electron chi connectivity index (χ4n) is 4.20. The van der Waals surface area contributed by atoms with Crippen LogP contribution in [0.25, 0.3) is 10.9 Å². The van der Waals surface area contributed by atoms with Crippen molar-refractivity contribution in [1.29, 1.82) is 0 Å². The Kier molecular flexibility index (Phi) is 8.14. The van der Waals surface area contributed by atoms with Crippen molar-refractivity contribution >= 4 is 28.8 Å². The number of para-hydroxylation sites is 1. The Balaban J connectivity index is 1.18. The third-order valence-electron chi connectivity index (χ3n) is 5.96. The molecule has 2 aromatic carbocycles. The fraction of sp³-hybridized carbons (Fsp3) is 0.423. The molecule has 8 heteroatoms. The second-order valence-electron chi connectivity index (χ2n) is 8.79. The number of anilines is 2. The molecule has 0 unspecified atom stereocenters. The molecule has 1 aromatic heterocycles. The van der Waals surface area contributed by atoms with E-state index in [1.807, 2.05) is 73.6 Å². The van der Waals surface area contributed by atoms with Crippen molar-refractivity contribution in [2.24, 2.45) is 0 Å². The van der Waals surface area contributed by atoms with Crippen LogP contribution in [0.15, 0.2) is 54.6 Å². The monoisotopic (exact) mass is 463 g/mol. The lowest BCUT2D eigenvalue weighted by atomic mass is 9.91. The molecule has 0 atom stereocenters. The lowest BCUT2D eigenvalue weighted by Crippen LogP contribution is -2.40. The maximum atomic E-state index is 12.1. The molecule has 1 amide bonds. The Morgan fingerprint density at radius 3 is 2.41 bits per heavy atom. The zero-order valence-corrected chi connectivity index (χ0v) is 19.9. The highest BCUT2D eigenvalue weighted by Crippen LogP contribution is 2.26. The summed E-state index contributed by atoms with van der Waals surface area (Å²) in [7, 11) is 3.98. The van der Waals surface area contributed by atoms with Gasteiger partial charge in [0, 0.05) is 31.6 Å². The molecule has 0 bridgehead atoms. The third-order valence-corrected chi connectivity index (χ3v) is 5.96. The lowest BCUT2D eigenvalue weighted by Gasteiger charge is -2.29. The molecule has 0 spiro atoms. The minimum absolute atomic E-state index is 0.116. The molecule has 2 N–H and O–H groups in total. The van der Waals surface area contributed by atoms with Gasteiger partial charge in [0.1, 0.15) is 12.4 Å². The number of aromatic nitrogens is 2. The van der Waals surface area contributed by atoms with Gasteiger partial charge in [-0.3, -0.25) is 0 Å². The lowest BCUT2D eigenvalue weighted by molar-refractivity contribution is 0.0630. The van der Waals surface area contributed by atoms with Crippen LogP contribution in [0.1, 0.15) is 31.2 Å². The predicted molar refractivity (Wildman–Crippen MR) is 134 cm³/mol. The van der Waals surface area contributed by atoms with Gasteiger partial charge in [0.2, 0.25) is 5.95 Å². The number of hydrogen-bond donors (Lipinski definition) is 2. The van der Waals surface area contributed by atoms with Crippen molar-refractivity contribution in [1.82, 2.24) is 15.3 Å². The molecule has 1 heterocycles. The summed E-state index contributed by atoms with van der Waals surface area (Å²) in [5.74, 6) is 1.55. The van der Waals surface area contributed by atoms with E-state index in [0.717, 1.165) is 48.0 Å². The van der Waals surface area contributed by atoms with Crippen LogP contribution in [0.3, 0.4) is 0 Å². The average molecular weight is 464 g/mol. The van der Waals surface area contributed by atoms with Gasteiger partial charge < -0.3 is 25.0 Å². The molecule has 8 nitrogen and oxygen atoms in total. The average Bonchev–Trinajstić information content (AvgIpc) is 2.85. The van der Waals surface area contributed by atoms with E-state index >= 15 is 0 Å². The van der Waals surface area contributed by atoms with E-state index in [1.54, 1.807) is 0 Å². The fourth-order valence-corrected chi connectivity index (χ4v) is 4.20. The van der Waals surface area contributed by atoms with E-state index < -0.39 is 0 Å². The first-order chi connectivity index (χ1) is 16.6. The predicted octanol–water partition coefficient (Wildman–Crippen LogP) is 4.36. The molecule has 1 aliphatic carbocycles. The van der Waals surface area contributed by atoms with E-state index in [2.05, 4.69) is 10.6 Å². The standard InChI is InChI=1S/C26H33N5O3/c1-31(2)24-22-10-6-7-11-23(22)29-25(30-24)27-20-12-14-21(15-13-20)28-26(32)34-17-16-33-18-19-8-4-3-5-9-19/h3-11,20-21H,12-18H2,1-2H3,(H,28,32)(H,27,29,30)/t20-,21+. The van der Waals surface area contributed by atoms with Crippen LogP contribution in [0, 0.1) is 0 Å². The number of nitrogens with zero attached hydrogens (tertiary/aromatic N) is 3. The number of hydrogen-bond acceptors (Lipinski definition) is 7. The Hall–Kier alpha value is -3.39. The third kappa shape index (κ3) is 6.57. The van der Waals surface area contributed by atoms with Crippen LogP contribution >= 0.6 is 0 Å². The second-order valence-corrected chi connectivity index (χ2v) is 8.79. The highest BCUT2D eigenvalue weighted by Gasteiger charge is 2.23. The highest BCUT2D eigenvalue weighted by atomic mass is 16.6. The molecule has 1 aliphatic rings. The molecule has 1 fully saturated rings. The Morgan fingerprint density at radius 1 is 0.941 bits per heavy atom. The van der Waals surface area contributed by atoms with Gasteiger partial charge in [-0.1, -0.05) is 42.5 Å². The number of nitrogens with one attached hydrogen (secondary N) is 2. The summed E-state index contributed by atoms with van der Waals surface area (Å²) in [6.45, 7) is 1.13. The first kappa shape index (κ1) is 23.8. The molecule has 3 aromatic rings. The van der Waals surface area contributed by atoms with Crippen LogP contribution in [-0.4, -0.2) is 55.5 Å². The van der Waals surface area contributed by atoms with Crippen LogP contribution in [0.4, 0.5) is 16.6 Å². The number of carbonyl (C=O) groups is 1. The van der Waals surface area contributed by atoms with E-state index in [0.29, 0.717) is 19.2 Å². The van der Waals surface area contributed by atoms with Crippen molar-refractivity contribution in [2.45, 2.75) is 44.4 Å². The normalized spacial score (nSPS) is 17.8. The van der Waals surface area contributed by atoms with E-state index in [1.165, 1.54) is 0 Å². The van der Waals surface area contributed by atoms with Gasteiger partial charge in [0.15, 0.2) is 0 Å². The maximum Gasteiger partial charge on any atom is 0.407 e. The first-order valence-electron chi connectivity index (χ1n) is 11.8. The minimum atomic E-state index is -0.381. The van der Waals surface area contributed by atoms with E-state index in [4.69, 9.17) is 19.4 Å². The molecule has 0 aliphatic heterocycles. The van der Waals surface area contributed by atoms with Crippen molar-refractivity contribution in [2.75, 3.05) is 37.5 Å². The van der Waals surface area contributed by atoms with Crippen molar-refractivity contribution < 1.29 is 14.3 Å². The van der Waals surface area contributed by atoms with Gasteiger partial charge in [-0.2, -0.15) is 4.98 Å². The van der Waals surface area contributed by atoms with E-state index in [-0.39, 0.29) is 24.8 Å². The van der Waals surface area contributed by atoms with Crippen LogP contribution < -0.4 is 15.5 Å². The molecule has 180 valence electrons. The highest BCUT2D eigenvalue weighted by molar-refractivity contribution is 5.90. The summed E-state index contributed by atoms with van der Waals surface area (Å²) >= 11 is 0. The van der Waals surface area contributed by atoms with Gasteiger partial charge in [0.05, 0.1) is 18.7 Å². The number of benzene rings is 2. The number of ether oxygens (including phenoxy) is 2. The Morgan fingerprint density at radius 2 is 1.65 bits per heavy atom. The first-order valence-corrected chi connectivity index (χ1v) is 11.8. The summed E-state index contributed by atoms with van der Waals surface area (Å²) in [5, 5.41) is 7.51. The molecule has 34 heavy (non-hydrogen) atoms. The SMILES string of the molecule is CN(C)c1nc(N[C@H]2CC[C@@H](NC(=O)OCCOCc3ccccc3)CC2)nc2ccccc12. The number of carbonyl (C=O) groups excluding carboxylic acids is 1. The van der Waals surface area contributed by atoms with Gasteiger partial charge in [0.25, 0.3) is 0 Å². The maximum absolute atomic E-state index is 12.1. The number of amides is 1. The number of alkyl carbamates (subject to hydrolysis) is 1. The topological polar surface area (TPSA) is 88.6 Å². The van der Waals surface area contributed by atoms with Crippen molar-refractivity contribution in [3.05, 3.63) is 60.2 Å². The summed E-state index contributed by atoms with van der Waals surface area (Å²) in [5.41, 5.74) is 2.03. The van der Waals surface area contributed by atoms with Crippen LogP contribution in [0.5, 0.6) is 0 Å². The molecular weight excluding hydrogens is 430 g/mol. The van der Waals surface area contributed by atoms with Gasteiger partial charge >= 0.3 is 6.09 Å². The zero-order valence-electron chi connectivity index (χ0n) is 19.9. The Bertz CT molecular complexity index is 1070. The van der Waals surface area contributed by atoms with Crippen molar-refractivity contribution in [3.8, 4) is 0 Å². The van der Waals surface area contributed by atoms with Gasteiger partial charge in [-0.15, -0.1) is 0 Å². The van der Waals surface area contributed by atoms with Crippen LogP contribution in [0.2, 0.25) is 0 Å². The summed E-state index contributed by atoms with van der Waals surface area (Å²) < 4.78 is 10.8. The molecular formula is C26H33N5O3. The molecule has 0 saturated heterocycles. The van der Waals surface area contributed by atoms with Gasteiger partial charge in [-0.25, -0.2) is 9.78 Å². The van der Waals surface area contributed by atoms with Crippen LogP contribution in [-0.2, 0) is 16.1 Å². The van der Waals surface area contributed by atoms with Gasteiger partial charge in [-0.05, 0) is 43.4 Å².